The van der Waals surface area contributed by atoms with Crippen molar-refractivity contribution in [1.29, 1.82) is 0 Å². The number of para-hydroxylation sites is 1. The van der Waals surface area contributed by atoms with Crippen LogP contribution in [0.25, 0.3) is 11.5 Å². The number of carbonyl (C=O) groups excluding carboxylic acids is 1. The van der Waals surface area contributed by atoms with Crippen molar-refractivity contribution in [2.24, 2.45) is 0 Å². The third kappa shape index (κ3) is 4.17. The van der Waals surface area contributed by atoms with E-state index in [9.17, 15) is 4.79 Å². The Morgan fingerprint density at radius 3 is 3.04 bits per heavy atom. The molecule has 1 aliphatic heterocycles. The lowest BCUT2D eigenvalue weighted by atomic mass is 10.2. The van der Waals surface area contributed by atoms with Gasteiger partial charge >= 0.3 is 0 Å². The number of rotatable bonds is 4. The molecule has 2 aromatic heterocycles. The number of pyridine rings is 1. The quantitative estimate of drug-likeness (QED) is 0.612. The highest BCUT2D eigenvalue weighted by Gasteiger charge is 2.24. The van der Waals surface area contributed by atoms with Crippen LogP contribution in [0.4, 0.5) is 5.69 Å². The van der Waals surface area contributed by atoms with Gasteiger partial charge in [0.25, 0.3) is 5.22 Å². The van der Waals surface area contributed by atoms with Gasteiger partial charge in [-0.2, -0.15) is 0 Å². The summed E-state index contributed by atoms with van der Waals surface area (Å²) < 4.78 is 5.64. The normalized spacial score (nSPS) is 16.6. The number of anilines is 1. The topological polar surface area (TPSA) is 72.1 Å². The van der Waals surface area contributed by atoms with Gasteiger partial charge in [-0.05, 0) is 30.7 Å². The summed E-state index contributed by atoms with van der Waals surface area (Å²) in [6.07, 6.45) is 4.31. The van der Waals surface area contributed by atoms with Crippen LogP contribution in [0, 0.1) is 0 Å². The van der Waals surface area contributed by atoms with Crippen molar-refractivity contribution in [1.82, 2.24) is 15.2 Å². The van der Waals surface area contributed by atoms with E-state index in [0.29, 0.717) is 16.4 Å². The lowest BCUT2D eigenvalue weighted by molar-refractivity contribution is -0.116. The van der Waals surface area contributed by atoms with E-state index in [0.717, 1.165) is 29.1 Å². The Bertz CT molecular complexity index is 932. The summed E-state index contributed by atoms with van der Waals surface area (Å²) in [7, 11) is 0. The highest BCUT2D eigenvalue weighted by atomic mass is 32.2. The maximum atomic E-state index is 12.9. The smallest absolute Gasteiger partial charge is 0.277 e. The number of fused-ring (bicyclic) bond motifs is 1. The van der Waals surface area contributed by atoms with Crippen LogP contribution in [0.15, 0.2) is 63.3 Å². The van der Waals surface area contributed by atoms with Crippen LogP contribution in [0.3, 0.4) is 0 Å². The predicted octanol–water partition coefficient (Wildman–Crippen LogP) is 4.14. The van der Waals surface area contributed by atoms with E-state index >= 15 is 0 Å². The predicted molar refractivity (Wildman–Crippen MR) is 107 cm³/mol. The van der Waals surface area contributed by atoms with Gasteiger partial charge in [-0.1, -0.05) is 30.8 Å². The Hall–Kier alpha value is -2.32. The van der Waals surface area contributed by atoms with Gasteiger partial charge in [-0.25, -0.2) is 0 Å². The van der Waals surface area contributed by atoms with Crippen LogP contribution >= 0.6 is 23.5 Å². The fourth-order valence-electron chi connectivity index (χ4n) is 2.82. The van der Waals surface area contributed by atoms with E-state index in [2.05, 4.69) is 28.2 Å². The minimum atomic E-state index is 0.0447. The Labute approximate surface area is 165 Å². The molecule has 27 heavy (non-hydrogen) atoms. The summed E-state index contributed by atoms with van der Waals surface area (Å²) in [5, 5.41) is 8.92. The summed E-state index contributed by atoms with van der Waals surface area (Å²) >= 11 is 3.08. The van der Waals surface area contributed by atoms with E-state index in [1.807, 2.05) is 47.0 Å². The molecule has 1 atom stereocenters. The first-order valence-electron chi connectivity index (χ1n) is 8.63. The molecular formula is C19H18N4O2S2. The van der Waals surface area contributed by atoms with E-state index in [1.54, 1.807) is 12.4 Å². The third-order valence-corrected chi connectivity index (χ3v) is 6.22. The van der Waals surface area contributed by atoms with Crippen LogP contribution in [0.1, 0.15) is 13.3 Å². The number of amides is 1. The third-order valence-electron chi connectivity index (χ3n) is 4.18. The second-order valence-electron chi connectivity index (χ2n) is 6.13. The summed E-state index contributed by atoms with van der Waals surface area (Å²) in [6, 6.07) is 11.7. The molecule has 0 fully saturated rings. The Morgan fingerprint density at radius 2 is 2.19 bits per heavy atom. The van der Waals surface area contributed by atoms with Crippen LogP contribution < -0.4 is 4.90 Å². The number of benzene rings is 1. The first-order chi connectivity index (χ1) is 13.2. The molecule has 0 spiro atoms. The molecule has 6 nitrogen and oxygen atoms in total. The van der Waals surface area contributed by atoms with Crippen LogP contribution in [0.5, 0.6) is 0 Å². The average Bonchev–Trinajstić information content (AvgIpc) is 3.10. The average molecular weight is 399 g/mol. The lowest BCUT2D eigenvalue weighted by Gasteiger charge is -2.22. The molecule has 1 aliphatic rings. The molecule has 0 bridgehead atoms. The molecule has 0 N–H and O–H groups in total. The maximum absolute atomic E-state index is 12.9. The van der Waals surface area contributed by atoms with Gasteiger partial charge in [0.1, 0.15) is 0 Å². The summed E-state index contributed by atoms with van der Waals surface area (Å²) in [5.74, 6) is 0.703. The molecule has 1 amide bonds. The Balaban J connectivity index is 1.45. The van der Waals surface area contributed by atoms with Gasteiger partial charge in [0.05, 0.1) is 17.0 Å². The minimum Gasteiger partial charge on any atom is -0.411 e. The largest absolute Gasteiger partial charge is 0.411 e. The van der Waals surface area contributed by atoms with Gasteiger partial charge in [0, 0.05) is 29.1 Å². The molecule has 138 valence electrons. The zero-order valence-electron chi connectivity index (χ0n) is 14.7. The summed E-state index contributed by atoms with van der Waals surface area (Å²) in [4.78, 5) is 19.9. The zero-order valence-corrected chi connectivity index (χ0v) is 16.4. The number of hydrogen-bond acceptors (Lipinski definition) is 7. The molecule has 1 unspecified atom stereocenters. The van der Waals surface area contributed by atoms with Gasteiger partial charge in [0.15, 0.2) is 0 Å². The van der Waals surface area contributed by atoms with Gasteiger partial charge in [-0.3, -0.25) is 9.78 Å². The number of nitrogens with zero attached hydrogens (tertiary/aromatic N) is 4. The lowest BCUT2D eigenvalue weighted by Crippen LogP contribution is -2.33. The molecule has 8 heteroatoms. The maximum Gasteiger partial charge on any atom is 0.277 e. The fourth-order valence-corrected chi connectivity index (χ4v) is 4.57. The highest BCUT2D eigenvalue weighted by molar-refractivity contribution is 8.00. The van der Waals surface area contributed by atoms with Gasteiger partial charge in [0.2, 0.25) is 11.8 Å². The van der Waals surface area contributed by atoms with Crippen LogP contribution in [-0.2, 0) is 4.79 Å². The van der Waals surface area contributed by atoms with Crippen molar-refractivity contribution in [3.05, 3.63) is 48.8 Å². The van der Waals surface area contributed by atoms with Gasteiger partial charge < -0.3 is 9.32 Å². The monoisotopic (exact) mass is 398 g/mol. The first-order valence-corrected chi connectivity index (χ1v) is 10.5. The van der Waals surface area contributed by atoms with Crippen molar-refractivity contribution >= 4 is 35.1 Å². The summed E-state index contributed by atoms with van der Waals surface area (Å²) in [6.45, 7) is 2.91. The molecule has 3 heterocycles. The molecule has 3 aromatic rings. The van der Waals surface area contributed by atoms with Gasteiger partial charge in [-0.15, -0.1) is 22.0 Å². The second kappa shape index (κ2) is 8.14. The molecule has 0 aliphatic carbocycles. The SMILES string of the molecule is CC1CCN(C(=O)CSc2nnc(-c3cccnc3)o2)c2ccccc2S1. The summed E-state index contributed by atoms with van der Waals surface area (Å²) in [5.41, 5.74) is 1.75. The number of thioether (sulfide) groups is 2. The highest BCUT2D eigenvalue weighted by Crippen LogP contribution is 2.37. The van der Waals surface area contributed by atoms with Crippen LogP contribution in [-0.4, -0.2) is 38.6 Å². The van der Waals surface area contributed by atoms with E-state index < -0.39 is 0 Å². The minimum absolute atomic E-state index is 0.0447. The Morgan fingerprint density at radius 1 is 1.30 bits per heavy atom. The Kier molecular flexibility index (Phi) is 5.45. The number of hydrogen-bond donors (Lipinski definition) is 0. The number of aromatic nitrogens is 3. The van der Waals surface area contributed by atoms with Crippen LogP contribution in [0.2, 0.25) is 0 Å². The van der Waals surface area contributed by atoms with E-state index in [-0.39, 0.29) is 11.7 Å². The molecule has 0 radical (unpaired) electrons. The van der Waals surface area contributed by atoms with Crippen molar-refractivity contribution in [2.45, 2.75) is 28.7 Å². The van der Waals surface area contributed by atoms with Crippen molar-refractivity contribution in [3.8, 4) is 11.5 Å². The van der Waals surface area contributed by atoms with Crippen molar-refractivity contribution < 1.29 is 9.21 Å². The van der Waals surface area contributed by atoms with E-state index in [4.69, 9.17) is 4.42 Å². The zero-order chi connectivity index (χ0) is 18.6. The molecule has 1 aromatic carbocycles. The van der Waals surface area contributed by atoms with E-state index in [1.165, 1.54) is 11.8 Å². The molecule has 0 saturated carbocycles. The van der Waals surface area contributed by atoms with Crippen molar-refractivity contribution in [2.75, 3.05) is 17.2 Å². The molecule has 4 rings (SSSR count). The van der Waals surface area contributed by atoms with Crippen molar-refractivity contribution in [3.63, 3.8) is 0 Å². The molecule has 0 saturated heterocycles. The number of carbonyl (C=O) groups is 1. The molecular weight excluding hydrogens is 380 g/mol. The first kappa shape index (κ1) is 18.1. The second-order valence-corrected chi connectivity index (χ2v) is 8.54. The fraction of sp³-hybridized carbons (Fsp3) is 0.263. The standard InChI is InChI=1S/C19H18N4O2S2/c1-13-8-10-23(15-6-2-3-7-16(15)27-13)17(24)12-26-19-22-21-18(25-19)14-5-4-9-20-11-14/h2-7,9,11,13H,8,10,12H2,1H3.